The molecule has 0 aliphatic carbocycles. The van der Waals surface area contributed by atoms with Crippen molar-refractivity contribution in [2.24, 2.45) is 0 Å². The van der Waals surface area contributed by atoms with Crippen LogP contribution in [0, 0.1) is 0 Å². The Morgan fingerprint density at radius 2 is 2.23 bits per heavy atom. The van der Waals surface area contributed by atoms with E-state index in [-0.39, 0.29) is 35.1 Å². The molecule has 5 heteroatoms. The van der Waals surface area contributed by atoms with E-state index in [1.165, 1.54) is 12.5 Å². The molecule has 0 spiro atoms. The molecule has 0 N–H and O–H groups in total. The molecule has 0 radical (unpaired) electrons. The molecule has 0 aliphatic heterocycles. The molecule has 0 fully saturated rings. The van der Waals surface area contributed by atoms with Gasteiger partial charge in [0, 0.05) is 5.56 Å². The van der Waals surface area contributed by atoms with Gasteiger partial charge in [-0.25, -0.2) is 4.98 Å². The molecule has 0 atom stereocenters. The molecule has 1 aromatic carbocycles. The van der Waals surface area contributed by atoms with Gasteiger partial charge in [0.15, 0.2) is 12.0 Å². The monoisotopic (exact) mass is 185 g/mol. The average Bonchev–Trinajstić information content (AvgIpc) is 2.49. The molecule has 0 unspecified atom stereocenters. The Morgan fingerprint density at radius 1 is 1.46 bits per heavy atom. The number of fused-ring (bicyclic) bond motifs is 1. The number of aromatic carboxylic acids is 1. The molecule has 4 nitrogen and oxygen atoms in total. The summed E-state index contributed by atoms with van der Waals surface area (Å²) in [5, 5.41) is 10.5. The minimum absolute atomic E-state index is 0. The molecule has 13 heavy (non-hydrogen) atoms. The van der Waals surface area contributed by atoms with Crippen molar-refractivity contribution in [3.05, 3.63) is 30.2 Å². The molecule has 0 bridgehead atoms. The first-order valence-corrected chi connectivity index (χ1v) is 3.32. The van der Waals surface area contributed by atoms with Gasteiger partial charge in [-0.05, 0) is 6.07 Å². The summed E-state index contributed by atoms with van der Waals surface area (Å²) in [6.45, 7) is 0. The van der Waals surface area contributed by atoms with Crippen LogP contribution in [0.5, 0.6) is 0 Å². The van der Waals surface area contributed by atoms with Crippen molar-refractivity contribution in [2.75, 3.05) is 0 Å². The van der Waals surface area contributed by atoms with Gasteiger partial charge >= 0.3 is 29.6 Å². The summed E-state index contributed by atoms with van der Waals surface area (Å²) in [4.78, 5) is 14.3. The van der Waals surface area contributed by atoms with Crippen LogP contribution in [0.25, 0.3) is 11.1 Å². The molecule has 2 aromatic rings. The van der Waals surface area contributed by atoms with E-state index >= 15 is 0 Å². The summed E-state index contributed by atoms with van der Waals surface area (Å²) in [5.41, 5.74) is 0.843. The zero-order valence-electron chi connectivity index (χ0n) is 6.98. The van der Waals surface area contributed by atoms with E-state index in [1.54, 1.807) is 12.1 Å². The molecule has 0 saturated carbocycles. The molecule has 0 amide bonds. The first kappa shape index (κ1) is 10.2. The molecule has 2 rings (SSSR count). The van der Waals surface area contributed by atoms with Gasteiger partial charge in [0.05, 0.1) is 5.97 Å². The minimum atomic E-state index is -1.24. The quantitative estimate of drug-likeness (QED) is 0.450. The van der Waals surface area contributed by atoms with Crippen molar-refractivity contribution < 1.29 is 43.9 Å². The summed E-state index contributed by atoms with van der Waals surface area (Å²) < 4.78 is 4.91. The Kier molecular flexibility index (Phi) is 3.08. The van der Waals surface area contributed by atoms with Crippen LogP contribution in [0.4, 0.5) is 0 Å². The molecule has 1 aromatic heterocycles. The number of nitrogens with zero attached hydrogens (tertiary/aromatic N) is 1. The number of hydrogen-bond donors (Lipinski definition) is 0. The number of oxazole rings is 1. The van der Waals surface area contributed by atoms with E-state index < -0.39 is 5.97 Å². The van der Waals surface area contributed by atoms with Gasteiger partial charge in [0.25, 0.3) is 0 Å². The fourth-order valence-corrected chi connectivity index (χ4v) is 1.05. The molecular weight excluding hydrogens is 181 g/mol. The maximum Gasteiger partial charge on any atom is 1.00 e. The smallest absolute Gasteiger partial charge is 0.545 e. The van der Waals surface area contributed by atoms with E-state index in [2.05, 4.69) is 4.98 Å². The van der Waals surface area contributed by atoms with Gasteiger partial charge in [0.1, 0.15) is 5.52 Å². The third-order valence-corrected chi connectivity index (χ3v) is 1.58. The van der Waals surface area contributed by atoms with Gasteiger partial charge in [-0.1, -0.05) is 12.1 Å². The normalized spacial score (nSPS) is 9.54. The van der Waals surface area contributed by atoms with Gasteiger partial charge in [0.2, 0.25) is 0 Å². The number of hydrogen-bond acceptors (Lipinski definition) is 4. The number of carbonyl (C=O) groups is 1. The first-order chi connectivity index (χ1) is 5.79. The second-order valence-corrected chi connectivity index (χ2v) is 2.29. The number of carbonyl (C=O) groups excluding carboxylic acids is 1. The van der Waals surface area contributed by atoms with Crippen LogP contribution in [-0.2, 0) is 0 Å². The predicted molar refractivity (Wildman–Crippen MR) is 38.3 cm³/mol. The summed E-state index contributed by atoms with van der Waals surface area (Å²) >= 11 is 0. The zero-order chi connectivity index (χ0) is 8.55. The molecule has 1 heterocycles. The van der Waals surface area contributed by atoms with E-state index in [9.17, 15) is 9.90 Å². The Bertz CT molecular complexity index is 438. The van der Waals surface area contributed by atoms with Crippen molar-refractivity contribution in [3.63, 3.8) is 0 Å². The minimum Gasteiger partial charge on any atom is -0.545 e. The Balaban J connectivity index is 0.000000845. The number of para-hydroxylation sites is 1. The van der Waals surface area contributed by atoms with Gasteiger partial charge in [-0.15, -0.1) is 0 Å². The molecule has 60 valence electrons. The summed E-state index contributed by atoms with van der Waals surface area (Å²) in [7, 11) is 0. The number of aromatic nitrogens is 1. The van der Waals surface area contributed by atoms with Crippen LogP contribution in [0.2, 0.25) is 0 Å². The van der Waals surface area contributed by atoms with Crippen LogP contribution in [-0.4, -0.2) is 11.0 Å². The standard InChI is InChI=1S/C8H5NO3.Na/c10-8(11)5-2-1-3-6-7(5)9-4-12-6;/h1-4H,(H,10,11);/q;+1/p-1. The fraction of sp³-hybridized carbons (Fsp3) is 0. The molecule has 0 aliphatic rings. The largest absolute Gasteiger partial charge is 1.00 e. The third kappa shape index (κ3) is 1.75. The van der Waals surface area contributed by atoms with E-state index in [0.717, 1.165) is 0 Å². The molecule has 0 saturated heterocycles. The predicted octanol–water partition coefficient (Wildman–Crippen LogP) is -2.80. The van der Waals surface area contributed by atoms with Gasteiger partial charge in [-0.2, -0.15) is 0 Å². The van der Waals surface area contributed by atoms with E-state index in [1.807, 2.05) is 0 Å². The van der Waals surface area contributed by atoms with Crippen molar-refractivity contribution in [1.29, 1.82) is 0 Å². The zero-order valence-corrected chi connectivity index (χ0v) is 8.98. The summed E-state index contributed by atoms with van der Waals surface area (Å²) in [5.74, 6) is -1.24. The fourth-order valence-electron chi connectivity index (χ4n) is 1.05. The number of carboxylic acids is 1. The maximum atomic E-state index is 10.5. The molecular formula is C8H4NNaO3. The third-order valence-electron chi connectivity index (χ3n) is 1.58. The number of rotatable bonds is 1. The summed E-state index contributed by atoms with van der Waals surface area (Å²) in [6, 6.07) is 4.66. The topological polar surface area (TPSA) is 66.2 Å². The Morgan fingerprint density at radius 3 is 2.92 bits per heavy atom. The van der Waals surface area contributed by atoms with Crippen molar-refractivity contribution >= 4 is 17.1 Å². The van der Waals surface area contributed by atoms with Gasteiger partial charge in [-0.3, -0.25) is 0 Å². The van der Waals surface area contributed by atoms with Crippen LogP contribution < -0.4 is 34.7 Å². The van der Waals surface area contributed by atoms with Crippen LogP contribution >= 0.6 is 0 Å². The van der Waals surface area contributed by atoms with Crippen molar-refractivity contribution in [2.45, 2.75) is 0 Å². The van der Waals surface area contributed by atoms with Crippen molar-refractivity contribution in [3.8, 4) is 0 Å². The van der Waals surface area contributed by atoms with E-state index in [0.29, 0.717) is 11.1 Å². The van der Waals surface area contributed by atoms with Crippen LogP contribution in [0.3, 0.4) is 0 Å². The van der Waals surface area contributed by atoms with Crippen LogP contribution in [0.1, 0.15) is 10.4 Å². The SMILES string of the molecule is O=C([O-])c1cccc2ocnc12.[Na+]. The van der Waals surface area contributed by atoms with Crippen LogP contribution in [0.15, 0.2) is 29.0 Å². The first-order valence-electron chi connectivity index (χ1n) is 3.32. The number of benzene rings is 1. The van der Waals surface area contributed by atoms with Gasteiger partial charge < -0.3 is 14.3 Å². The average molecular weight is 185 g/mol. The second-order valence-electron chi connectivity index (χ2n) is 2.29. The Hall–Kier alpha value is -0.840. The van der Waals surface area contributed by atoms with Crippen molar-refractivity contribution in [1.82, 2.24) is 4.98 Å². The second kappa shape index (κ2) is 3.91. The maximum absolute atomic E-state index is 10.5. The summed E-state index contributed by atoms with van der Waals surface area (Å²) in [6.07, 6.45) is 1.21. The number of carboxylic acid groups (broad SMARTS) is 1. The Labute approximate surface area is 95.9 Å². The van der Waals surface area contributed by atoms with E-state index in [4.69, 9.17) is 4.42 Å².